The van der Waals surface area contributed by atoms with Gasteiger partial charge in [-0.1, -0.05) is 6.07 Å². The van der Waals surface area contributed by atoms with Crippen molar-refractivity contribution in [3.63, 3.8) is 0 Å². The molecular weight excluding hydrogens is 244 g/mol. The third kappa shape index (κ3) is 2.68. The first kappa shape index (κ1) is 12.6. The fourth-order valence-corrected chi connectivity index (χ4v) is 2.54. The molecule has 0 spiro atoms. The number of pyridine rings is 1. The van der Waals surface area contributed by atoms with Crippen LogP contribution < -0.4 is 10.6 Å². The third-order valence-electron chi connectivity index (χ3n) is 2.74. The van der Waals surface area contributed by atoms with Crippen molar-refractivity contribution < 1.29 is 0 Å². The number of hydrogen-bond donors (Lipinski definition) is 2. The molecule has 0 atom stereocenters. The highest BCUT2D eigenvalue weighted by atomic mass is 32.1. The van der Waals surface area contributed by atoms with Gasteiger partial charge in [-0.15, -0.1) is 11.3 Å². The Bertz CT molecular complexity index is 522. The average molecular weight is 260 g/mol. The lowest BCUT2D eigenvalue weighted by molar-refractivity contribution is 0.837. The van der Waals surface area contributed by atoms with Crippen molar-refractivity contribution in [2.75, 3.05) is 11.4 Å². The van der Waals surface area contributed by atoms with Crippen LogP contribution in [-0.2, 0) is 6.54 Å². The van der Waals surface area contributed by atoms with Crippen LogP contribution in [0.2, 0.25) is 0 Å². The minimum Gasteiger partial charge on any atom is -0.384 e. The van der Waals surface area contributed by atoms with E-state index in [0.717, 1.165) is 24.3 Å². The molecule has 2 aromatic rings. The summed E-state index contributed by atoms with van der Waals surface area (Å²) in [5.74, 6) is 0.0806. The number of thiophene rings is 1. The molecule has 0 amide bonds. The van der Waals surface area contributed by atoms with E-state index in [9.17, 15) is 0 Å². The van der Waals surface area contributed by atoms with Crippen LogP contribution >= 0.6 is 11.3 Å². The molecule has 2 rings (SSSR count). The van der Waals surface area contributed by atoms with Crippen molar-refractivity contribution in [1.29, 1.82) is 5.41 Å². The van der Waals surface area contributed by atoms with Crippen molar-refractivity contribution >= 4 is 22.9 Å². The zero-order valence-electron chi connectivity index (χ0n) is 10.3. The molecule has 18 heavy (non-hydrogen) atoms. The molecule has 5 heteroatoms. The molecule has 0 aliphatic heterocycles. The molecule has 0 saturated carbocycles. The molecule has 94 valence electrons. The van der Waals surface area contributed by atoms with Gasteiger partial charge < -0.3 is 10.6 Å². The largest absolute Gasteiger partial charge is 0.384 e. The van der Waals surface area contributed by atoms with Crippen molar-refractivity contribution in [3.8, 4) is 0 Å². The van der Waals surface area contributed by atoms with E-state index in [1.807, 2.05) is 6.07 Å². The number of nitrogens with two attached hydrogens (primary N) is 1. The van der Waals surface area contributed by atoms with Gasteiger partial charge in [-0.3, -0.25) is 10.4 Å². The molecular formula is C13H16N4S. The Balaban J connectivity index is 2.30. The fourth-order valence-electron chi connectivity index (χ4n) is 1.82. The Kier molecular flexibility index (Phi) is 3.94. The minimum atomic E-state index is 0.0806. The van der Waals surface area contributed by atoms with Gasteiger partial charge in [0, 0.05) is 23.2 Å². The first-order chi connectivity index (χ1) is 8.72. The maximum Gasteiger partial charge on any atom is 0.125 e. The summed E-state index contributed by atoms with van der Waals surface area (Å²) in [4.78, 5) is 7.60. The summed E-state index contributed by atoms with van der Waals surface area (Å²) in [6.07, 6.45) is 3.44. The Morgan fingerprint density at radius 3 is 2.94 bits per heavy atom. The van der Waals surface area contributed by atoms with Gasteiger partial charge >= 0.3 is 0 Å². The van der Waals surface area contributed by atoms with E-state index in [4.69, 9.17) is 11.1 Å². The second-order valence-corrected chi connectivity index (χ2v) is 4.93. The number of hydrogen-bond acceptors (Lipinski definition) is 4. The molecule has 0 fully saturated rings. The summed E-state index contributed by atoms with van der Waals surface area (Å²) in [5, 5.41) is 9.69. The zero-order chi connectivity index (χ0) is 13.0. The normalized spacial score (nSPS) is 10.3. The van der Waals surface area contributed by atoms with Gasteiger partial charge in [-0.05, 0) is 24.4 Å². The summed E-state index contributed by atoms with van der Waals surface area (Å²) >= 11 is 1.73. The van der Waals surface area contributed by atoms with Gasteiger partial charge in [0.25, 0.3) is 0 Å². The topological polar surface area (TPSA) is 66.0 Å². The maximum atomic E-state index is 7.62. The van der Waals surface area contributed by atoms with E-state index in [1.165, 1.54) is 4.88 Å². The van der Waals surface area contributed by atoms with E-state index in [2.05, 4.69) is 28.3 Å². The first-order valence-corrected chi connectivity index (χ1v) is 6.66. The van der Waals surface area contributed by atoms with E-state index in [-0.39, 0.29) is 5.84 Å². The molecule has 3 N–H and O–H groups in total. The second-order valence-electron chi connectivity index (χ2n) is 3.90. The van der Waals surface area contributed by atoms with Gasteiger partial charge in [-0.25, -0.2) is 0 Å². The lowest BCUT2D eigenvalue weighted by Crippen LogP contribution is -2.25. The molecule has 0 unspecified atom stereocenters. The van der Waals surface area contributed by atoms with Crippen molar-refractivity contribution in [2.24, 2.45) is 5.73 Å². The van der Waals surface area contributed by atoms with Crippen molar-refractivity contribution in [1.82, 2.24) is 4.98 Å². The SMILES string of the molecule is CCN(Cc1cccs1)c1cnccc1C(=N)N. The van der Waals surface area contributed by atoms with E-state index in [0.29, 0.717) is 0 Å². The van der Waals surface area contributed by atoms with Crippen LogP contribution in [0.25, 0.3) is 0 Å². The van der Waals surface area contributed by atoms with Crippen LogP contribution in [0.4, 0.5) is 5.69 Å². The van der Waals surface area contributed by atoms with Crippen LogP contribution in [0.1, 0.15) is 17.4 Å². The third-order valence-corrected chi connectivity index (χ3v) is 3.60. The number of nitrogens with one attached hydrogen (secondary N) is 1. The van der Waals surface area contributed by atoms with E-state index in [1.54, 1.807) is 29.8 Å². The van der Waals surface area contributed by atoms with Crippen LogP contribution in [-0.4, -0.2) is 17.4 Å². The van der Waals surface area contributed by atoms with Gasteiger partial charge in [0.1, 0.15) is 5.84 Å². The molecule has 4 nitrogen and oxygen atoms in total. The predicted molar refractivity (Wildman–Crippen MR) is 76.3 cm³/mol. The predicted octanol–water partition coefficient (Wildman–Crippen LogP) is 2.45. The number of anilines is 1. The second kappa shape index (κ2) is 5.64. The summed E-state index contributed by atoms with van der Waals surface area (Å²) in [5.41, 5.74) is 7.27. The number of nitrogens with zero attached hydrogens (tertiary/aromatic N) is 2. The van der Waals surface area contributed by atoms with Crippen molar-refractivity contribution in [2.45, 2.75) is 13.5 Å². The molecule has 2 aromatic heterocycles. The molecule has 0 aromatic carbocycles. The summed E-state index contributed by atoms with van der Waals surface area (Å²) in [6.45, 7) is 3.76. The van der Waals surface area contributed by atoms with Crippen LogP contribution in [0, 0.1) is 5.41 Å². The molecule has 0 radical (unpaired) electrons. The standard InChI is InChI=1S/C13H16N4S/c1-2-17(9-10-4-3-7-18-10)12-8-16-6-5-11(12)13(14)15/h3-8H,2,9H2,1H3,(H3,14,15). The van der Waals surface area contributed by atoms with Crippen LogP contribution in [0.15, 0.2) is 36.0 Å². The zero-order valence-corrected chi connectivity index (χ0v) is 11.1. The highest BCUT2D eigenvalue weighted by molar-refractivity contribution is 7.09. The number of amidine groups is 1. The number of aromatic nitrogens is 1. The average Bonchev–Trinajstić information content (AvgIpc) is 2.88. The Labute approximate surface area is 111 Å². The number of nitrogen functional groups attached to an aromatic ring is 1. The first-order valence-electron chi connectivity index (χ1n) is 5.78. The lowest BCUT2D eigenvalue weighted by Gasteiger charge is -2.24. The molecule has 0 bridgehead atoms. The molecule has 0 saturated heterocycles. The van der Waals surface area contributed by atoms with Gasteiger partial charge in [-0.2, -0.15) is 0 Å². The van der Waals surface area contributed by atoms with Crippen LogP contribution in [0.3, 0.4) is 0 Å². The molecule has 0 aliphatic carbocycles. The fraction of sp³-hybridized carbons (Fsp3) is 0.231. The Morgan fingerprint density at radius 2 is 2.33 bits per heavy atom. The summed E-state index contributed by atoms with van der Waals surface area (Å²) in [6, 6.07) is 5.94. The summed E-state index contributed by atoms with van der Waals surface area (Å²) < 4.78 is 0. The van der Waals surface area contributed by atoms with Gasteiger partial charge in [0.05, 0.1) is 18.4 Å². The van der Waals surface area contributed by atoms with Gasteiger partial charge in [0.15, 0.2) is 0 Å². The lowest BCUT2D eigenvalue weighted by atomic mass is 10.2. The molecule has 0 aliphatic rings. The van der Waals surface area contributed by atoms with Crippen LogP contribution in [0.5, 0.6) is 0 Å². The maximum absolute atomic E-state index is 7.62. The van der Waals surface area contributed by atoms with Crippen molar-refractivity contribution in [3.05, 3.63) is 46.4 Å². The highest BCUT2D eigenvalue weighted by Crippen LogP contribution is 2.22. The monoisotopic (exact) mass is 260 g/mol. The highest BCUT2D eigenvalue weighted by Gasteiger charge is 2.12. The summed E-state index contributed by atoms with van der Waals surface area (Å²) in [7, 11) is 0. The Morgan fingerprint density at radius 1 is 1.50 bits per heavy atom. The quantitative estimate of drug-likeness (QED) is 0.641. The van der Waals surface area contributed by atoms with E-state index >= 15 is 0 Å². The van der Waals surface area contributed by atoms with Gasteiger partial charge in [0.2, 0.25) is 0 Å². The smallest absolute Gasteiger partial charge is 0.125 e. The molecule has 2 heterocycles. The minimum absolute atomic E-state index is 0.0806. The number of rotatable bonds is 5. The van der Waals surface area contributed by atoms with E-state index < -0.39 is 0 Å². The Hall–Kier alpha value is -1.88.